The molecule has 6 heteroatoms. The second-order valence-electron chi connectivity index (χ2n) is 6.14. The molecule has 0 unspecified atom stereocenters. The molecule has 0 radical (unpaired) electrons. The molecule has 1 fully saturated rings. The van der Waals surface area contributed by atoms with Crippen LogP contribution < -0.4 is 0 Å². The van der Waals surface area contributed by atoms with Gasteiger partial charge in [0.25, 0.3) is 5.91 Å². The molecule has 2 aromatic rings. The van der Waals surface area contributed by atoms with Crippen molar-refractivity contribution in [2.75, 3.05) is 20.1 Å². The number of rotatable bonds is 4. The van der Waals surface area contributed by atoms with Crippen LogP contribution in [-0.2, 0) is 6.54 Å². The Hall–Kier alpha value is -1.79. The number of piperidine rings is 1. The summed E-state index contributed by atoms with van der Waals surface area (Å²) < 4.78 is 3.88. The van der Waals surface area contributed by atoms with Gasteiger partial charge in [0.1, 0.15) is 4.88 Å². The van der Waals surface area contributed by atoms with Gasteiger partial charge in [0, 0.05) is 25.7 Å². The van der Waals surface area contributed by atoms with Crippen LogP contribution in [0.25, 0.3) is 0 Å². The van der Waals surface area contributed by atoms with Crippen molar-refractivity contribution < 1.29 is 4.79 Å². The van der Waals surface area contributed by atoms with Gasteiger partial charge in [-0.15, -0.1) is 5.10 Å². The number of benzene rings is 1. The number of likely N-dealkylation sites (N-methyl/N-ethyl adjacent to an activating group) is 1. The molecule has 5 nitrogen and oxygen atoms in total. The Labute approximate surface area is 141 Å². The maximum Gasteiger partial charge on any atom is 0.267 e. The van der Waals surface area contributed by atoms with Crippen LogP contribution in [0.2, 0.25) is 0 Å². The number of nitrogens with zero attached hydrogens (tertiary/aromatic N) is 4. The quantitative estimate of drug-likeness (QED) is 0.864. The predicted octanol–water partition coefficient (Wildman–Crippen LogP) is 2.58. The van der Waals surface area contributed by atoms with Crippen molar-refractivity contribution in [1.29, 1.82) is 0 Å². The Morgan fingerprint density at radius 1 is 1.39 bits per heavy atom. The minimum absolute atomic E-state index is 0.0790. The van der Waals surface area contributed by atoms with Gasteiger partial charge in [-0.05, 0) is 43.9 Å². The zero-order valence-electron chi connectivity index (χ0n) is 13.6. The summed E-state index contributed by atoms with van der Waals surface area (Å²) in [6.07, 6.45) is 2.17. The Balaban J connectivity index is 1.64. The zero-order chi connectivity index (χ0) is 16.2. The van der Waals surface area contributed by atoms with Gasteiger partial charge in [0.05, 0.1) is 5.69 Å². The van der Waals surface area contributed by atoms with E-state index in [0.717, 1.165) is 38.2 Å². The maximum atomic E-state index is 12.6. The van der Waals surface area contributed by atoms with E-state index < -0.39 is 0 Å². The summed E-state index contributed by atoms with van der Waals surface area (Å²) in [6.45, 7) is 4.36. The van der Waals surface area contributed by atoms with Gasteiger partial charge < -0.3 is 4.90 Å². The topological polar surface area (TPSA) is 49.3 Å². The average Bonchev–Trinajstić information content (AvgIpc) is 3.01. The van der Waals surface area contributed by atoms with Gasteiger partial charge in [-0.3, -0.25) is 9.69 Å². The number of likely N-dealkylation sites (tertiary alicyclic amines) is 1. The lowest BCUT2D eigenvalue weighted by Gasteiger charge is -2.37. The van der Waals surface area contributed by atoms with E-state index in [2.05, 4.69) is 45.8 Å². The highest BCUT2D eigenvalue weighted by Crippen LogP contribution is 2.20. The van der Waals surface area contributed by atoms with Crippen molar-refractivity contribution in [2.45, 2.75) is 32.4 Å². The number of amides is 1. The van der Waals surface area contributed by atoms with Crippen LogP contribution >= 0.6 is 11.5 Å². The number of hydrogen-bond acceptors (Lipinski definition) is 5. The number of carbonyl (C=O) groups excluding carboxylic acids is 1. The summed E-state index contributed by atoms with van der Waals surface area (Å²) in [5.74, 6) is 0.0790. The largest absolute Gasteiger partial charge is 0.336 e. The lowest BCUT2D eigenvalue weighted by Crippen LogP contribution is -2.48. The van der Waals surface area contributed by atoms with E-state index in [1.807, 2.05) is 17.9 Å². The standard InChI is InChI=1S/C17H22N4OS/c1-13-16(23-19-18-13)17(22)21-10-6-9-15(12-21)20(2)11-14-7-4-3-5-8-14/h3-5,7-8,15H,6,9-12H2,1-2H3/t15-/m1/s1. The van der Waals surface area contributed by atoms with Crippen LogP contribution in [0.15, 0.2) is 30.3 Å². The molecule has 0 N–H and O–H groups in total. The third kappa shape index (κ3) is 3.76. The zero-order valence-corrected chi connectivity index (χ0v) is 14.4. The van der Waals surface area contributed by atoms with Gasteiger partial charge in [0.15, 0.2) is 0 Å². The molecule has 122 valence electrons. The van der Waals surface area contributed by atoms with Crippen LogP contribution in [-0.4, -0.2) is 51.5 Å². The van der Waals surface area contributed by atoms with Crippen molar-refractivity contribution >= 4 is 17.4 Å². The van der Waals surface area contributed by atoms with Crippen molar-refractivity contribution in [3.05, 3.63) is 46.5 Å². The summed E-state index contributed by atoms with van der Waals surface area (Å²) in [5, 5.41) is 3.95. The van der Waals surface area contributed by atoms with E-state index in [-0.39, 0.29) is 5.91 Å². The first kappa shape index (κ1) is 16.1. The van der Waals surface area contributed by atoms with Crippen LogP contribution in [0.3, 0.4) is 0 Å². The molecule has 1 atom stereocenters. The molecule has 1 aliphatic rings. The fourth-order valence-electron chi connectivity index (χ4n) is 3.07. The predicted molar refractivity (Wildman–Crippen MR) is 91.5 cm³/mol. The number of hydrogen-bond donors (Lipinski definition) is 0. The average molecular weight is 330 g/mol. The number of aryl methyl sites for hydroxylation is 1. The molecule has 1 aromatic carbocycles. The van der Waals surface area contributed by atoms with Gasteiger partial charge in [-0.2, -0.15) is 0 Å². The fraction of sp³-hybridized carbons (Fsp3) is 0.471. The van der Waals surface area contributed by atoms with Gasteiger partial charge in [-0.1, -0.05) is 34.8 Å². The van der Waals surface area contributed by atoms with E-state index >= 15 is 0 Å². The molecular formula is C17H22N4OS. The maximum absolute atomic E-state index is 12.6. The lowest BCUT2D eigenvalue weighted by molar-refractivity contribution is 0.0606. The Morgan fingerprint density at radius 2 is 2.17 bits per heavy atom. The minimum Gasteiger partial charge on any atom is -0.336 e. The third-order valence-electron chi connectivity index (χ3n) is 4.43. The first-order chi connectivity index (χ1) is 11.1. The van der Waals surface area contributed by atoms with Crippen LogP contribution in [0.4, 0.5) is 0 Å². The van der Waals surface area contributed by atoms with Crippen molar-refractivity contribution in [3.8, 4) is 0 Å². The molecule has 1 aromatic heterocycles. The van der Waals surface area contributed by atoms with Gasteiger partial charge >= 0.3 is 0 Å². The third-order valence-corrected chi connectivity index (χ3v) is 5.24. The SMILES string of the molecule is Cc1nnsc1C(=O)N1CCC[C@@H](N(C)Cc2ccccc2)C1. The Morgan fingerprint density at radius 3 is 2.87 bits per heavy atom. The Bertz CT molecular complexity index is 658. The van der Waals surface area contributed by atoms with E-state index in [0.29, 0.717) is 10.9 Å². The summed E-state index contributed by atoms with van der Waals surface area (Å²) in [5.41, 5.74) is 2.04. The fourth-order valence-corrected chi connectivity index (χ4v) is 3.70. The highest BCUT2D eigenvalue weighted by atomic mass is 32.1. The second kappa shape index (κ2) is 7.19. The van der Waals surface area contributed by atoms with Crippen molar-refractivity contribution in [2.24, 2.45) is 0 Å². The first-order valence-corrected chi connectivity index (χ1v) is 8.75. The molecule has 1 amide bonds. The smallest absolute Gasteiger partial charge is 0.267 e. The normalized spacial score (nSPS) is 18.4. The number of carbonyl (C=O) groups is 1. The van der Waals surface area contributed by atoms with E-state index in [4.69, 9.17) is 0 Å². The molecule has 3 rings (SSSR count). The highest BCUT2D eigenvalue weighted by Gasteiger charge is 2.28. The van der Waals surface area contributed by atoms with Crippen LogP contribution in [0.5, 0.6) is 0 Å². The minimum atomic E-state index is 0.0790. The van der Waals surface area contributed by atoms with E-state index in [1.165, 1.54) is 17.1 Å². The highest BCUT2D eigenvalue weighted by molar-refractivity contribution is 7.07. The molecule has 23 heavy (non-hydrogen) atoms. The van der Waals surface area contributed by atoms with E-state index in [9.17, 15) is 4.79 Å². The monoisotopic (exact) mass is 330 g/mol. The second-order valence-corrected chi connectivity index (χ2v) is 6.89. The van der Waals surface area contributed by atoms with Crippen LogP contribution in [0, 0.1) is 6.92 Å². The molecule has 0 bridgehead atoms. The van der Waals surface area contributed by atoms with Gasteiger partial charge in [0.2, 0.25) is 0 Å². The van der Waals surface area contributed by atoms with Crippen molar-refractivity contribution in [1.82, 2.24) is 19.4 Å². The first-order valence-electron chi connectivity index (χ1n) is 7.97. The molecule has 1 saturated heterocycles. The van der Waals surface area contributed by atoms with Gasteiger partial charge in [-0.25, -0.2) is 0 Å². The summed E-state index contributed by atoms with van der Waals surface area (Å²) in [7, 11) is 2.14. The summed E-state index contributed by atoms with van der Waals surface area (Å²) >= 11 is 1.20. The molecule has 0 saturated carbocycles. The lowest BCUT2D eigenvalue weighted by atomic mass is 10.0. The molecule has 0 spiro atoms. The Kier molecular flexibility index (Phi) is 5.03. The molecule has 1 aliphatic heterocycles. The summed E-state index contributed by atoms with van der Waals surface area (Å²) in [4.78, 5) is 17.6. The molecular weight excluding hydrogens is 308 g/mol. The van der Waals surface area contributed by atoms with Crippen LogP contribution in [0.1, 0.15) is 33.8 Å². The van der Waals surface area contributed by atoms with E-state index in [1.54, 1.807) is 0 Å². The van der Waals surface area contributed by atoms with Crippen molar-refractivity contribution in [3.63, 3.8) is 0 Å². The molecule has 2 heterocycles. The number of aromatic nitrogens is 2. The summed E-state index contributed by atoms with van der Waals surface area (Å²) in [6, 6.07) is 10.9. The molecule has 0 aliphatic carbocycles.